The lowest BCUT2D eigenvalue weighted by atomic mass is 10.1. The van der Waals surface area contributed by atoms with E-state index in [0.29, 0.717) is 5.75 Å². The van der Waals surface area contributed by atoms with Crippen molar-refractivity contribution in [2.75, 3.05) is 26.6 Å². The Balaban J connectivity index is 2.69. The molecule has 0 heterocycles. The second-order valence-electron chi connectivity index (χ2n) is 3.39. The molecule has 6 nitrogen and oxygen atoms in total. The van der Waals surface area contributed by atoms with E-state index in [9.17, 15) is 9.59 Å². The molecule has 0 aliphatic heterocycles. The molecule has 0 atom stereocenters. The predicted molar refractivity (Wildman–Crippen MR) is 64.3 cm³/mol. The molecule has 0 amide bonds. The van der Waals surface area contributed by atoms with Gasteiger partial charge in [0.15, 0.2) is 0 Å². The summed E-state index contributed by atoms with van der Waals surface area (Å²) < 4.78 is 14.4. The number of benzene rings is 1. The maximum atomic E-state index is 11.8. The lowest BCUT2D eigenvalue weighted by Crippen LogP contribution is -2.13. The van der Waals surface area contributed by atoms with Crippen LogP contribution >= 0.6 is 0 Å². The van der Waals surface area contributed by atoms with E-state index in [1.807, 2.05) is 0 Å². The quantitative estimate of drug-likeness (QED) is 0.622. The van der Waals surface area contributed by atoms with Gasteiger partial charge >= 0.3 is 11.9 Å². The van der Waals surface area contributed by atoms with Gasteiger partial charge in [-0.2, -0.15) is 0 Å². The Bertz CT molecular complexity index is 444. The number of rotatable bonds is 5. The number of carbonyl (C=O) groups is 2. The minimum absolute atomic E-state index is 0.00268. The Morgan fingerprint density at radius 3 is 2.61 bits per heavy atom. The molecule has 0 spiro atoms. The molecule has 0 aliphatic carbocycles. The number of nitrogens with two attached hydrogens (primary N) is 1. The van der Waals surface area contributed by atoms with Crippen LogP contribution in [0.4, 0.5) is 5.69 Å². The number of carbonyl (C=O) groups excluding carboxylic acids is 2. The van der Waals surface area contributed by atoms with Gasteiger partial charge in [0.05, 0.1) is 20.6 Å². The van der Waals surface area contributed by atoms with Gasteiger partial charge < -0.3 is 19.9 Å². The van der Waals surface area contributed by atoms with Gasteiger partial charge in [0.2, 0.25) is 0 Å². The van der Waals surface area contributed by atoms with Crippen LogP contribution in [0.1, 0.15) is 16.8 Å². The fourth-order valence-electron chi connectivity index (χ4n) is 1.34. The summed E-state index contributed by atoms with van der Waals surface area (Å²) in [6.07, 6.45) is -0.00268. The summed E-state index contributed by atoms with van der Waals surface area (Å²) in [5, 5.41) is 0. The average molecular weight is 253 g/mol. The van der Waals surface area contributed by atoms with Crippen molar-refractivity contribution in [3.05, 3.63) is 23.8 Å². The van der Waals surface area contributed by atoms with E-state index in [2.05, 4.69) is 4.74 Å². The van der Waals surface area contributed by atoms with E-state index in [0.717, 1.165) is 0 Å². The van der Waals surface area contributed by atoms with Gasteiger partial charge in [-0.3, -0.25) is 4.79 Å². The molecule has 2 N–H and O–H groups in total. The first-order chi connectivity index (χ1) is 8.60. The third-order valence-corrected chi connectivity index (χ3v) is 2.25. The van der Waals surface area contributed by atoms with Gasteiger partial charge in [0.1, 0.15) is 17.9 Å². The molecule has 0 saturated heterocycles. The maximum absolute atomic E-state index is 11.8. The third-order valence-electron chi connectivity index (χ3n) is 2.25. The van der Waals surface area contributed by atoms with Crippen molar-refractivity contribution in [1.29, 1.82) is 0 Å². The number of anilines is 1. The molecule has 98 valence electrons. The molecular formula is C12H15NO5. The summed E-state index contributed by atoms with van der Waals surface area (Å²) in [6, 6.07) is 4.84. The topological polar surface area (TPSA) is 87.9 Å². The van der Waals surface area contributed by atoms with Crippen molar-refractivity contribution in [2.24, 2.45) is 0 Å². The zero-order chi connectivity index (χ0) is 13.5. The summed E-state index contributed by atoms with van der Waals surface area (Å²) in [5.74, 6) is -0.747. The van der Waals surface area contributed by atoms with Crippen LogP contribution in [0.25, 0.3) is 0 Å². The van der Waals surface area contributed by atoms with E-state index in [1.165, 1.54) is 14.2 Å². The summed E-state index contributed by atoms with van der Waals surface area (Å²) in [4.78, 5) is 22.6. The van der Waals surface area contributed by atoms with Crippen LogP contribution in [0.3, 0.4) is 0 Å². The van der Waals surface area contributed by atoms with Crippen molar-refractivity contribution in [2.45, 2.75) is 6.42 Å². The highest BCUT2D eigenvalue weighted by Crippen LogP contribution is 2.24. The summed E-state index contributed by atoms with van der Waals surface area (Å²) in [7, 11) is 2.70. The molecule has 0 unspecified atom stereocenters. The normalized spacial score (nSPS) is 9.67. The molecule has 0 fully saturated rings. The second kappa shape index (κ2) is 6.48. The molecule has 0 radical (unpaired) electrons. The molecule has 0 aliphatic rings. The lowest BCUT2D eigenvalue weighted by Gasteiger charge is -2.10. The van der Waals surface area contributed by atoms with Crippen LogP contribution in [-0.2, 0) is 14.3 Å². The fourth-order valence-corrected chi connectivity index (χ4v) is 1.34. The number of hydrogen-bond donors (Lipinski definition) is 1. The van der Waals surface area contributed by atoms with Crippen molar-refractivity contribution in [3.63, 3.8) is 0 Å². The van der Waals surface area contributed by atoms with E-state index in [4.69, 9.17) is 15.2 Å². The summed E-state index contributed by atoms with van der Waals surface area (Å²) >= 11 is 0. The summed E-state index contributed by atoms with van der Waals surface area (Å²) in [5.41, 5.74) is 6.10. The first-order valence-electron chi connectivity index (χ1n) is 5.26. The number of nitrogen functional groups attached to an aromatic ring is 1. The Morgan fingerprint density at radius 2 is 2.00 bits per heavy atom. The van der Waals surface area contributed by atoms with Crippen LogP contribution < -0.4 is 10.5 Å². The predicted octanol–water partition coefficient (Wildman–Crippen LogP) is 0.997. The Labute approximate surface area is 105 Å². The standard InChI is InChI=1S/C12H15NO5/c1-16-9-5-3-4-8(13)11(9)12(15)18-7-6-10(14)17-2/h3-5H,6-7,13H2,1-2H3. The molecule has 6 heteroatoms. The lowest BCUT2D eigenvalue weighted by molar-refractivity contribution is -0.141. The number of hydrogen-bond acceptors (Lipinski definition) is 6. The van der Waals surface area contributed by atoms with E-state index < -0.39 is 11.9 Å². The van der Waals surface area contributed by atoms with Crippen LogP contribution in [0.5, 0.6) is 5.75 Å². The Hall–Kier alpha value is -2.24. The number of esters is 2. The monoisotopic (exact) mass is 253 g/mol. The highest BCUT2D eigenvalue weighted by Gasteiger charge is 2.17. The second-order valence-corrected chi connectivity index (χ2v) is 3.39. The average Bonchev–Trinajstić information content (AvgIpc) is 2.37. The number of methoxy groups -OCH3 is 2. The van der Waals surface area contributed by atoms with Gasteiger partial charge in [0, 0.05) is 5.69 Å². The zero-order valence-corrected chi connectivity index (χ0v) is 10.3. The van der Waals surface area contributed by atoms with Crippen molar-refractivity contribution >= 4 is 17.6 Å². The molecule has 0 aromatic heterocycles. The molecule has 0 bridgehead atoms. The van der Waals surface area contributed by atoms with Crippen molar-refractivity contribution < 1.29 is 23.8 Å². The fraction of sp³-hybridized carbons (Fsp3) is 0.333. The van der Waals surface area contributed by atoms with Crippen molar-refractivity contribution in [1.82, 2.24) is 0 Å². The highest BCUT2D eigenvalue weighted by molar-refractivity contribution is 5.98. The summed E-state index contributed by atoms with van der Waals surface area (Å²) in [6.45, 7) is -0.0665. The van der Waals surface area contributed by atoms with E-state index in [1.54, 1.807) is 18.2 Å². The van der Waals surface area contributed by atoms with Crippen LogP contribution in [0, 0.1) is 0 Å². The molecule has 18 heavy (non-hydrogen) atoms. The van der Waals surface area contributed by atoms with Gasteiger partial charge in [-0.25, -0.2) is 4.79 Å². The molecule has 1 aromatic carbocycles. The van der Waals surface area contributed by atoms with Crippen LogP contribution in [-0.4, -0.2) is 32.8 Å². The smallest absolute Gasteiger partial charge is 0.344 e. The first kappa shape index (κ1) is 13.8. The van der Waals surface area contributed by atoms with Gasteiger partial charge in [-0.15, -0.1) is 0 Å². The van der Waals surface area contributed by atoms with Gasteiger partial charge in [0.25, 0.3) is 0 Å². The first-order valence-corrected chi connectivity index (χ1v) is 5.26. The Kier molecular flexibility index (Phi) is 4.98. The highest BCUT2D eigenvalue weighted by atomic mass is 16.5. The third kappa shape index (κ3) is 3.38. The molecular weight excluding hydrogens is 238 g/mol. The molecule has 0 saturated carbocycles. The zero-order valence-electron chi connectivity index (χ0n) is 10.3. The van der Waals surface area contributed by atoms with Gasteiger partial charge in [-0.05, 0) is 12.1 Å². The van der Waals surface area contributed by atoms with E-state index >= 15 is 0 Å². The van der Waals surface area contributed by atoms with Crippen LogP contribution in [0.2, 0.25) is 0 Å². The maximum Gasteiger partial charge on any atom is 0.344 e. The minimum Gasteiger partial charge on any atom is -0.496 e. The SMILES string of the molecule is COC(=O)CCOC(=O)c1c(N)cccc1OC. The number of ether oxygens (including phenoxy) is 3. The molecule has 1 aromatic rings. The largest absolute Gasteiger partial charge is 0.496 e. The van der Waals surface area contributed by atoms with Crippen LogP contribution in [0.15, 0.2) is 18.2 Å². The Morgan fingerprint density at radius 1 is 1.28 bits per heavy atom. The molecule has 1 rings (SSSR count). The van der Waals surface area contributed by atoms with Gasteiger partial charge in [-0.1, -0.05) is 6.07 Å². The van der Waals surface area contributed by atoms with E-state index in [-0.39, 0.29) is 24.3 Å². The minimum atomic E-state index is -0.631. The van der Waals surface area contributed by atoms with Crippen molar-refractivity contribution in [3.8, 4) is 5.75 Å².